The molecule has 34 heavy (non-hydrogen) atoms. The van der Waals surface area contributed by atoms with Gasteiger partial charge in [-0.1, -0.05) is 36.4 Å². The number of amides is 1. The highest BCUT2D eigenvalue weighted by molar-refractivity contribution is 7.89. The molecule has 0 aromatic heterocycles. The zero-order valence-electron chi connectivity index (χ0n) is 18.3. The average molecular weight is 500 g/mol. The van der Waals surface area contributed by atoms with Crippen molar-refractivity contribution in [1.29, 1.82) is 0 Å². The van der Waals surface area contributed by atoms with Crippen molar-refractivity contribution in [3.8, 4) is 0 Å². The molecule has 0 spiro atoms. The SMILES string of the molecule is O=C(Nc1ccc(S(=O)(=O)N2CCCC2)cc1)c1cccc(S(=O)(=O)NCc2ccccc2)c1. The first-order valence-electron chi connectivity index (χ1n) is 10.8. The van der Waals surface area contributed by atoms with Gasteiger partial charge in [0.25, 0.3) is 5.91 Å². The van der Waals surface area contributed by atoms with E-state index in [0.29, 0.717) is 18.8 Å². The third-order valence-corrected chi connectivity index (χ3v) is 8.84. The van der Waals surface area contributed by atoms with Crippen molar-refractivity contribution < 1.29 is 21.6 Å². The second-order valence-electron chi connectivity index (χ2n) is 7.93. The van der Waals surface area contributed by atoms with Gasteiger partial charge in [0.2, 0.25) is 20.0 Å². The fourth-order valence-electron chi connectivity index (χ4n) is 3.65. The van der Waals surface area contributed by atoms with Crippen molar-refractivity contribution in [3.05, 3.63) is 90.0 Å². The van der Waals surface area contributed by atoms with Gasteiger partial charge in [-0.2, -0.15) is 4.31 Å². The summed E-state index contributed by atoms with van der Waals surface area (Å²) in [6, 6.07) is 20.8. The van der Waals surface area contributed by atoms with Crippen LogP contribution in [0.1, 0.15) is 28.8 Å². The number of benzene rings is 3. The summed E-state index contributed by atoms with van der Waals surface area (Å²) in [6.45, 7) is 1.16. The topological polar surface area (TPSA) is 113 Å². The molecule has 0 saturated carbocycles. The maximum atomic E-state index is 12.7. The molecule has 0 aliphatic carbocycles. The van der Waals surface area contributed by atoms with Gasteiger partial charge >= 0.3 is 0 Å². The Morgan fingerprint density at radius 2 is 1.47 bits per heavy atom. The molecule has 0 radical (unpaired) electrons. The molecule has 1 fully saturated rings. The standard InChI is InChI=1S/C24H25N3O5S2/c28-24(26-21-11-13-22(14-12-21)34(31,32)27-15-4-5-16-27)20-9-6-10-23(17-20)33(29,30)25-18-19-7-2-1-3-8-19/h1-3,6-14,17,25H,4-5,15-16,18H2,(H,26,28). The summed E-state index contributed by atoms with van der Waals surface area (Å²) in [6.07, 6.45) is 1.70. The smallest absolute Gasteiger partial charge is 0.255 e. The largest absolute Gasteiger partial charge is 0.322 e. The van der Waals surface area contributed by atoms with Gasteiger partial charge in [-0.15, -0.1) is 0 Å². The monoisotopic (exact) mass is 499 g/mol. The predicted molar refractivity (Wildman–Crippen MR) is 129 cm³/mol. The van der Waals surface area contributed by atoms with E-state index in [9.17, 15) is 21.6 Å². The summed E-state index contributed by atoms with van der Waals surface area (Å²) >= 11 is 0. The molecule has 0 unspecified atom stereocenters. The van der Waals surface area contributed by atoms with Crippen LogP contribution in [-0.4, -0.2) is 40.1 Å². The summed E-state index contributed by atoms with van der Waals surface area (Å²) in [5.74, 6) is -0.504. The van der Waals surface area contributed by atoms with Gasteiger partial charge in [0.05, 0.1) is 9.79 Å². The number of nitrogens with zero attached hydrogens (tertiary/aromatic N) is 1. The zero-order valence-corrected chi connectivity index (χ0v) is 20.0. The lowest BCUT2D eigenvalue weighted by molar-refractivity contribution is 0.102. The van der Waals surface area contributed by atoms with E-state index >= 15 is 0 Å². The number of carbonyl (C=O) groups excluding carboxylic acids is 1. The fraction of sp³-hybridized carbons (Fsp3) is 0.208. The number of nitrogens with one attached hydrogen (secondary N) is 2. The van der Waals surface area contributed by atoms with E-state index in [4.69, 9.17) is 0 Å². The molecule has 4 rings (SSSR count). The van der Waals surface area contributed by atoms with Crippen molar-refractivity contribution in [2.45, 2.75) is 29.2 Å². The third-order valence-electron chi connectivity index (χ3n) is 5.53. The van der Waals surface area contributed by atoms with E-state index in [1.54, 1.807) is 0 Å². The minimum Gasteiger partial charge on any atom is -0.322 e. The Kier molecular flexibility index (Phi) is 7.13. The highest BCUT2D eigenvalue weighted by atomic mass is 32.2. The molecule has 2 N–H and O–H groups in total. The molecule has 1 aliphatic heterocycles. The van der Waals surface area contributed by atoms with E-state index < -0.39 is 26.0 Å². The van der Waals surface area contributed by atoms with Crippen molar-refractivity contribution in [1.82, 2.24) is 9.03 Å². The Bertz CT molecular complexity index is 1370. The van der Waals surface area contributed by atoms with E-state index in [1.165, 1.54) is 52.8 Å². The quantitative estimate of drug-likeness (QED) is 0.494. The molecule has 10 heteroatoms. The summed E-state index contributed by atoms with van der Waals surface area (Å²) in [5, 5.41) is 2.68. The molecule has 1 saturated heterocycles. The second-order valence-corrected chi connectivity index (χ2v) is 11.6. The Hall–Kier alpha value is -3.05. The molecule has 178 valence electrons. The van der Waals surface area contributed by atoms with Crippen LogP contribution in [0.15, 0.2) is 88.7 Å². The molecule has 0 atom stereocenters. The molecule has 1 amide bonds. The summed E-state index contributed by atoms with van der Waals surface area (Å²) in [5.41, 5.74) is 1.38. The average Bonchev–Trinajstić information content (AvgIpc) is 3.40. The number of hydrogen-bond acceptors (Lipinski definition) is 5. The molecule has 1 heterocycles. The van der Waals surface area contributed by atoms with Crippen molar-refractivity contribution in [2.75, 3.05) is 18.4 Å². The van der Waals surface area contributed by atoms with Gasteiger partial charge in [0, 0.05) is 30.9 Å². The predicted octanol–water partition coefficient (Wildman–Crippen LogP) is 3.20. The van der Waals surface area contributed by atoms with Gasteiger partial charge < -0.3 is 5.32 Å². The Balaban J connectivity index is 1.44. The van der Waals surface area contributed by atoms with Crippen LogP contribution in [0, 0.1) is 0 Å². The molecule has 1 aliphatic rings. The van der Waals surface area contributed by atoms with Crippen molar-refractivity contribution in [3.63, 3.8) is 0 Å². The van der Waals surface area contributed by atoms with E-state index in [0.717, 1.165) is 18.4 Å². The first-order valence-corrected chi connectivity index (χ1v) is 13.7. The van der Waals surface area contributed by atoms with Crippen LogP contribution in [0.5, 0.6) is 0 Å². The number of hydrogen-bond donors (Lipinski definition) is 2. The van der Waals surface area contributed by atoms with Gasteiger partial charge in [-0.3, -0.25) is 4.79 Å². The van der Waals surface area contributed by atoms with E-state index in [-0.39, 0.29) is 21.9 Å². The highest BCUT2D eigenvalue weighted by Crippen LogP contribution is 2.22. The second kappa shape index (κ2) is 10.1. The Morgan fingerprint density at radius 3 is 2.15 bits per heavy atom. The van der Waals surface area contributed by atoms with Crippen LogP contribution in [0.2, 0.25) is 0 Å². The first-order chi connectivity index (χ1) is 16.3. The lowest BCUT2D eigenvalue weighted by atomic mass is 10.2. The lowest BCUT2D eigenvalue weighted by Crippen LogP contribution is -2.27. The third kappa shape index (κ3) is 5.53. The van der Waals surface area contributed by atoms with Crippen LogP contribution in [-0.2, 0) is 26.6 Å². The minimum absolute atomic E-state index is 0.0249. The van der Waals surface area contributed by atoms with Crippen LogP contribution in [0.4, 0.5) is 5.69 Å². The van der Waals surface area contributed by atoms with Crippen LogP contribution in [0.25, 0.3) is 0 Å². The first kappa shape index (κ1) is 24.1. The van der Waals surface area contributed by atoms with Crippen molar-refractivity contribution in [2.24, 2.45) is 0 Å². The summed E-state index contributed by atoms with van der Waals surface area (Å²) < 4.78 is 54.6. The molecule has 3 aromatic carbocycles. The normalized spacial score (nSPS) is 14.7. The zero-order chi connectivity index (χ0) is 24.2. The van der Waals surface area contributed by atoms with Gasteiger partial charge in [-0.05, 0) is 60.9 Å². The highest BCUT2D eigenvalue weighted by Gasteiger charge is 2.27. The van der Waals surface area contributed by atoms with Gasteiger partial charge in [0.1, 0.15) is 0 Å². The molecule has 0 bridgehead atoms. The lowest BCUT2D eigenvalue weighted by Gasteiger charge is -2.15. The summed E-state index contributed by atoms with van der Waals surface area (Å²) in [4.78, 5) is 12.9. The van der Waals surface area contributed by atoms with Crippen LogP contribution < -0.4 is 10.0 Å². The number of sulfonamides is 2. The summed E-state index contributed by atoms with van der Waals surface area (Å²) in [7, 11) is -7.36. The fourth-order valence-corrected chi connectivity index (χ4v) is 6.23. The van der Waals surface area contributed by atoms with Crippen LogP contribution >= 0.6 is 0 Å². The molecular formula is C24H25N3O5S2. The number of carbonyl (C=O) groups is 1. The maximum absolute atomic E-state index is 12.7. The molecular weight excluding hydrogens is 474 g/mol. The number of anilines is 1. The van der Waals surface area contributed by atoms with Gasteiger partial charge in [-0.25, -0.2) is 21.6 Å². The van der Waals surface area contributed by atoms with Gasteiger partial charge in [0.15, 0.2) is 0 Å². The maximum Gasteiger partial charge on any atom is 0.255 e. The van der Waals surface area contributed by atoms with Crippen molar-refractivity contribution >= 4 is 31.6 Å². The molecule has 8 nitrogen and oxygen atoms in total. The van der Waals surface area contributed by atoms with E-state index in [2.05, 4.69) is 10.0 Å². The number of rotatable bonds is 8. The van der Waals surface area contributed by atoms with Crippen LogP contribution in [0.3, 0.4) is 0 Å². The Labute approximate surface area is 199 Å². The van der Waals surface area contributed by atoms with E-state index in [1.807, 2.05) is 30.3 Å². The Morgan fingerprint density at radius 1 is 0.794 bits per heavy atom. The molecule has 3 aromatic rings. The minimum atomic E-state index is -3.82.